The van der Waals surface area contributed by atoms with E-state index in [0.717, 1.165) is 24.2 Å². The monoisotopic (exact) mass is 526 g/mol. The third kappa shape index (κ3) is 3.95. The van der Waals surface area contributed by atoms with Crippen LogP contribution in [0, 0.1) is 0 Å². The van der Waals surface area contributed by atoms with Crippen LogP contribution in [0.15, 0.2) is 133 Å². The molecular weight excluding hydrogens is 496 g/mol. The molecule has 8 rings (SSSR count). The Labute approximate surface area is 240 Å². The largest absolute Gasteiger partial charge is 0.344 e. The number of hydrogen-bond acceptors (Lipinski definition) is 1. The molecule has 0 aliphatic heterocycles. The van der Waals surface area contributed by atoms with Crippen LogP contribution in [-0.4, -0.2) is 4.57 Å². The van der Waals surface area contributed by atoms with Crippen molar-refractivity contribution in [2.75, 3.05) is 4.90 Å². The van der Waals surface area contributed by atoms with Crippen LogP contribution in [0.3, 0.4) is 0 Å². The Morgan fingerprint density at radius 1 is 0.585 bits per heavy atom. The molecule has 1 aromatic heterocycles. The van der Waals surface area contributed by atoms with Crippen LogP contribution in [-0.2, 0) is 13.5 Å². The summed E-state index contributed by atoms with van der Waals surface area (Å²) >= 11 is 0. The minimum atomic E-state index is 1.09. The van der Waals surface area contributed by atoms with Crippen molar-refractivity contribution in [1.29, 1.82) is 0 Å². The van der Waals surface area contributed by atoms with E-state index in [1.807, 2.05) is 0 Å². The number of benzene rings is 6. The predicted molar refractivity (Wildman–Crippen MR) is 175 cm³/mol. The third-order valence-electron chi connectivity index (χ3n) is 8.63. The minimum Gasteiger partial charge on any atom is -0.344 e. The molecule has 0 saturated heterocycles. The highest BCUT2D eigenvalue weighted by atomic mass is 15.1. The molecule has 0 spiro atoms. The van der Waals surface area contributed by atoms with Gasteiger partial charge in [-0.25, -0.2) is 0 Å². The molecule has 1 aliphatic rings. The van der Waals surface area contributed by atoms with Crippen LogP contribution in [0.1, 0.15) is 17.5 Å². The minimum absolute atomic E-state index is 1.09. The fraction of sp³-hybridized carbons (Fsp3) is 0.0769. The molecule has 1 heterocycles. The highest BCUT2D eigenvalue weighted by molar-refractivity contribution is 6.21. The van der Waals surface area contributed by atoms with E-state index in [1.165, 1.54) is 60.5 Å². The van der Waals surface area contributed by atoms with Gasteiger partial charge in [-0.05, 0) is 94.4 Å². The van der Waals surface area contributed by atoms with Gasteiger partial charge in [0.25, 0.3) is 0 Å². The van der Waals surface area contributed by atoms with Crippen molar-refractivity contribution in [1.82, 2.24) is 4.57 Å². The summed E-state index contributed by atoms with van der Waals surface area (Å²) in [7, 11) is 2.18. The number of allylic oxidation sites excluding steroid dienone is 1. The summed E-state index contributed by atoms with van der Waals surface area (Å²) < 4.78 is 2.33. The van der Waals surface area contributed by atoms with Crippen LogP contribution >= 0.6 is 0 Å². The zero-order valence-corrected chi connectivity index (χ0v) is 23.1. The van der Waals surface area contributed by atoms with Crippen LogP contribution in [0.4, 0.5) is 17.1 Å². The fourth-order valence-corrected chi connectivity index (χ4v) is 6.54. The topological polar surface area (TPSA) is 8.17 Å². The second-order valence-electron chi connectivity index (χ2n) is 11.0. The summed E-state index contributed by atoms with van der Waals surface area (Å²) in [5.41, 5.74) is 11.2. The molecule has 41 heavy (non-hydrogen) atoms. The lowest BCUT2D eigenvalue weighted by Crippen LogP contribution is -2.10. The summed E-state index contributed by atoms with van der Waals surface area (Å²) in [6, 6.07) is 46.6. The number of aryl methyl sites for hydroxylation is 2. The van der Waals surface area contributed by atoms with E-state index in [-0.39, 0.29) is 0 Å². The van der Waals surface area contributed by atoms with Crippen LogP contribution in [0.25, 0.3) is 49.8 Å². The molecule has 0 bridgehead atoms. The number of aromatic nitrogens is 1. The Bertz CT molecular complexity index is 2100. The lowest BCUT2D eigenvalue weighted by molar-refractivity contribution is 0.984. The normalized spacial score (nSPS) is 12.7. The molecule has 0 saturated carbocycles. The smallest absolute Gasteiger partial charge is 0.0495 e. The van der Waals surface area contributed by atoms with E-state index in [2.05, 4.69) is 156 Å². The van der Waals surface area contributed by atoms with E-state index >= 15 is 0 Å². The maximum absolute atomic E-state index is 2.36. The van der Waals surface area contributed by atoms with E-state index in [1.54, 1.807) is 0 Å². The zero-order chi connectivity index (χ0) is 27.3. The van der Waals surface area contributed by atoms with E-state index in [0.29, 0.717) is 0 Å². The van der Waals surface area contributed by atoms with Crippen molar-refractivity contribution in [2.24, 2.45) is 7.05 Å². The van der Waals surface area contributed by atoms with Crippen LogP contribution < -0.4 is 4.90 Å². The molecule has 0 N–H and O–H groups in total. The van der Waals surface area contributed by atoms with Gasteiger partial charge in [0.05, 0.1) is 0 Å². The maximum atomic E-state index is 2.36. The standard InChI is InChI=1S/C39H30N2/c1-40-37-24-19-29-10-7-8-14-35(29)39(37)36-23-18-31(26-38(36)40)28-15-20-33(21-16-28)41(32-12-3-2-4-13-32)34-22-17-27-9-5-6-11-30(27)25-34/h2-5,7-10,12-26H,6,11H2,1H3. The van der Waals surface area contributed by atoms with Gasteiger partial charge in [-0.1, -0.05) is 91.0 Å². The van der Waals surface area contributed by atoms with Crippen molar-refractivity contribution < 1.29 is 0 Å². The SMILES string of the molecule is Cn1c2cc(-c3ccc(N(c4ccccc4)c4ccc5c(c4)CCC=C5)cc3)ccc2c2c3ccccc3ccc21. The summed E-state index contributed by atoms with van der Waals surface area (Å²) in [6.45, 7) is 0. The Balaban J connectivity index is 1.21. The Kier molecular flexibility index (Phi) is 5.53. The first-order chi connectivity index (χ1) is 20.2. The summed E-state index contributed by atoms with van der Waals surface area (Å²) in [6.07, 6.45) is 6.72. The molecule has 2 heteroatoms. The first-order valence-corrected chi connectivity index (χ1v) is 14.4. The van der Waals surface area contributed by atoms with Crippen LogP contribution in [0.2, 0.25) is 0 Å². The van der Waals surface area contributed by atoms with Gasteiger partial charge < -0.3 is 9.47 Å². The van der Waals surface area contributed by atoms with Crippen LogP contribution in [0.5, 0.6) is 0 Å². The molecule has 0 amide bonds. The molecule has 7 aromatic rings. The molecule has 0 atom stereocenters. The van der Waals surface area contributed by atoms with E-state index in [4.69, 9.17) is 0 Å². The molecule has 0 fully saturated rings. The number of para-hydroxylation sites is 1. The Hall–Kier alpha value is -5.08. The maximum Gasteiger partial charge on any atom is 0.0495 e. The van der Waals surface area contributed by atoms with Gasteiger partial charge in [-0.15, -0.1) is 0 Å². The summed E-state index contributed by atoms with van der Waals surface area (Å²) in [5.74, 6) is 0. The third-order valence-corrected chi connectivity index (χ3v) is 8.63. The van der Waals surface area contributed by atoms with Crippen molar-refractivity contribution in [3.05, 3.63) is 145 Å². The second-order valence-corrected chi connectivity index (χ2v) is 11.0. The fourth-order valence-electron chi connectivity index (χ4n) is 6.54. The van der Waals surface area contributed by atoms with Crippen molar-refractivity contribution in [3.8, 4) is 11.1 Å². The van der Waals surface area contributed by atoms with Crippen molar-refractivity contribution >= 4 is 55.7 Å². The number of anilines is 3. The zero-order valence-electron chi connectivity index (χ0n) is 23.1. The van der Waals surface area contributed by atoms with Gasteiger partial charge in [-0.3, -0.25) is 0 Å². The summed E-state index contributed by atoms with van der Waals surface area (Å²) in [4.78, 5) is 2.36. The quantitative estimate of drug-likeness (QED) is 0.221. The van der Waals surface area contributed by atoms with Gasteiger partial charge in [0.2, 0.25) is 0 Å². The first-order valence-electron chi connectivity index (χ1n) is 14.4. The molecular formula is C39H30N2. The van der Waals surface area contributed by atoms with E-state index < -0.39 is 0 Å². The first kappa shape index (κ1) is 23.8. The predicted octanol–water partition coefficient (Wildman–Crippen LogP) is 10.6. The lowest BCUT2D eigenvalue weighted by Gasteiger charge is -2.27. The molecule has 0 unspecified atom stereocenters. The Morgan fingerprint density at radius 2 is 1.34 bits per heavy atom. The average molecular weight is 527 g/mol. The van der Waals surface area contributed by atoms with Crippen molar-refractivity contribution in [2.45, 2.75) is 12.8 Å². The highest BCUT2D eigenvalue weighted by Crippen LogP contribution is 2.39. The van der Waals surface area contributed by atoms with Gasteiger partial charge in [0, 0.05) is 45.9 Å². The average Bonchev–Trinajstić information content (AvgIpc) is 3.33. The number of fused-ring (bicyclic) bond motifs is 6. The lowest BCUT2D eigenvalue weighted by atomic mass is 9.96. The number of nitrogens with zero attached hydrogens (tertiary/aromatic N) is 2. The molecule has 6 aromatic carbocycles. The van der Waals surface area contributed by atoms with Gasteiger partial charge >= 0.3 is 0 Å². The Morgan fingerprint density at radius 3 is 2.22 bits per heavy atom. The summed E-state index contributed by atoms with van der Waals surface area (Å²) in [5, 5.41) is 5.23. The highest BCUT2D eigenvalue weighted by Gasteiger charge is 2.16. The number of rotatable bonds is 4. The molecule has 2 nitrogen and oxygen atoms in total. The molecule has 196 valence electrons. The molecule has 0 radical (unpaired) electrons. The van der Waals surface area contributed by atoms with Crippen molar-refractivity contribution in [3.63, 3.8) is 0 Å². The second kappa shape index (κ2) is 9.53. The van der Waals surface area contributed by atoms with Gasteiger partial charge in [0.15, 0.2) is 0 Å². The number of hydrogen-bond donors (Lipinski definition) is 0. The molecule has 1 aliphatic carbocycles. The van der Waals surface area contributed by atoms with Gasteiger partial charge in [-0.2, -0.15) is 0 Å². The van der Waals surface area contributed by atoms with Gasteiger partial charge in [0.1, 0.15) is 0 Å². The van der Waals surface area contributed by atoms with E-state index in [9.17, 15) is 0 Å².